The van der Waals surface area contributed by atoms with Crippen LogP contribution in [0.15, 0.2) is 0 Å². The van der Waals surface area contributed by atoms with Gasteiger partial charge < -0.3 is 5.32 Å². The number of hydrogen-bond acceptors (Lipinski definition) is 3. The average Bonchev–Trinajstić information content (AvgIpc) is 2.73. The van der Waals surface area contributed by atoms with E-state index in [1.54, 1.807) is 0 Å². The second kappa shape index (κ2) is 7.39. The molecule has 2 fully saturated rings. The summed E-state index contributed by atoms with van der Waals surface area (Å²) in [5.41, 5.74) is 0. The Kier molecular flexibility index (Phi) is 5.80. The van der Waals surface area contributed by atoms with Gasteiger partial charge in [-0.3, -0.25) is 14.5 Å². The van der Waals surface area contributed by atoms with Gasteiger partial charge in [0, 0.05) is 6.04 Å². The number of amides is 2. The minimum absolute atomic E-state index is 0.0156. The van der Waals surface area contributed by atoms with Crippen molar-refractivity contribution in [2.75, 3.05) is 6.54 Å². The number of hydrogen-bond donors (Lipinski definition) is 1. The van der Waals surface area contributed by atoms with E-state index in [1.807, 2.05) is 13.8 Å². The zero-order valence-electron chi connectivity index (χ0n) is 13.7. The molecular weight excluding hydrogens is 264 g/mol. The van der Waals surface area contributed by atoms with Crippen molar-refractivity contribution in [1.82, 2.24) is 10.2 Å². The van der Waals surface area contributed by atoms with Crippen LogP contribution in [0.4, 0.5) is 0 Å². The van der Waals surface area contributed by atoms with Gasteiger partial charge in [0.25, 0.3) is 0 Å². The molecule has 4 unspecified atom stereocenters. The van der Waals surface area contributed by atoms with Crippen LogP contribution < -0.4 is 5.32 Å². The second-order valence-electron chi connectivity index (χ2n) is 7.00. The predicted molar refractivity (Wildman–Crippen MR) is 83.8 cm³/mol. The Labute approximate surface area is 128 Å². The molecule has 0 aromatic carbocycles. The van der Waals surface area contributed by atoms with Gasteiger partial charge in [-0.15, -0.1) is 0 Å². The molecule has 1 saturated carbocycles. The molecule has 4 atom stereocenters. The Bertz CT molecular complexity index is 383. The van der Waals surface area contributed by atoms with E-state index in [-0.39, 0.29) is 23.9 Å². The topological polar surface area (TPSA) is 49.4 Å². The maximum atomic E-state index is 12.3. The number of nitrogens with zero attached hydrogens (tertiary/aromatic N) is 1. The number of rotatable bonds is 6. The molecule has 0 aromatic rings. The maximum Gasteiger partial charge on any atom is 0.247 e. The zero-order valence-corrected chi connectivity index (χ0v) is 13.7. The van der Waals surface area contributed by atoms with Crippen LogP contribution in [-0.4, -0.2) is 35.3 Å². The number of imide groups is 1. The number of carbonyl (C=O) groups is 2. The smallest absolute Gasteiger partial charge is 0.247 e. The quantitative estimate of drug-likeness (QED) is 0.766. The summed E-state index contributed by atoms with van der Waals surface area (Å²) in [6.07, 6.45) is 7.64. The first kappa shape index (κ1) is 16.5. The molecule has 0 radical (unpaired) electrons. The summed E-state index contributed by atoms with van der Waals surface area (Å²) < 4.78 is 0. The van der Waals surface area contributed by atoms with E-state index in [4.69, 9.17) is 0 Å². The lowest BCUT2D eigenvalue weighted by atomic mass is 9.81. The van der Waals surface area contributed by atoms with Gasteiger partial charge in [-0.2, -0.15) is 0 Å². The first-order chi connectivity index (χ1) is 10.0. The predicted octanol–water partition coefficient (Wildman–Crippen LogP) is 2.72. The third-order valence-corrected chi connectivity index (χ3v) is 5.20. The molecule has 0 spiro atoms. The summed E-state index contributed by atoms with van der Waals surface area (Å²) in [5, 5.41) is 3.32. The highest BCUT2D eigenvalue weighted by molar-refractivity contribution is 6.05. The van der Waals surface area contributed by atoms with E-state index in [0.29, 0.717) is 6.42 Å². The molecule has 4 heteroatoms. The fourth-order valence-electron chi connectivity index (χ4n) is 3.74. The fraction of sp³-hybridized carbons (Fsp3) is 0.882. The molecule has 0 bridgehead atoms. The van der Waals surface area contributed by atoms with Crippen LogP contribution in [-0.2, 0) is 9.59 Å². The lowest BCUT2D eigenvalue weighted by Crippen LogP contribution is -2.43. The molecule has 1 N–H and O–H groups in total. The van der Waals surface area contributed by atoms with Crippen molar-refractivity contribution in [2.24, 2.45) is 11.8 Å². The summed E-state index contributed by atoms with van der Waals surface area (Å²) in [5.74, 6) is 1.60. The van der Waals surface area contributed by atoms with Crippen molar-refractivity contribution >= 4 is 11.8 Å². The molecular formula is C17H30N2O2. The lowest BCUT2D eigenvalue weighted by Gasteiger charge is -2.27. The second-order valence-corrected chi connectivity index (χ2v) is 7.00. The summed E-state index contributed by atoms with van der Waals surface area (Å²) in [6.45, 7) is 7.15. The van der Waals surface area contributed by atoms with Gasteiger partial charge >= 0.3 is 0 Å². The number of likely N-dealkylation sites (tertiary alicyclic amines) is 1. The minimum atomic E-state index is -0.285. The monoisotopic (exact) mass is 294 g/mol. The number of carbonyl (C=O) groups excluding carboxylic acids is 2. The Morgan fingerprint density at radius 1 is 1.33 bits per heavy atom. The lowest BCUT2D eigenvalue weighted by molar-refractivity contribution is -0.141. The molecule has 0 aromatic heterocycles. The third-order valence-electron chi connectivity index (χ3n) is 5.20. The molecule has 2 amide bonds. The van der Waals surface area contributed by atoms with E-state index >= 15 is 0 Å². The molecule has 1 aliphatic carbocycles. The van der Waals surface area contributed by atoms with Crippen molar-refractivity contribution in [1.29, 1.82) is 0 Å². The van der Waals surface area contributed by atoms with E-state index in [9.17, 15) is 9.59 Å². The van der Waals surface area contributed by atoms with E-state index in [1.165, 1.54) is 30.6 Å². The van der Waals surface area contributed by atoms with Crippen LogP contribution in [0.25, 0.3) is 0 Å². The zero-order chi connectivity index (χ0) is 15.4. The number of nitrogens with one attached hydrogen (secondary N) is 1. The van der Waals surface area contributed by atoms with Crippen molar-refractivity contribution in [3.63, 3.8) is 0 Å². The van der Waals surface area contributed by atoms with Crippen LogP contribution in [0, 0.1) is 11.8 Å². The van der Waals surface area contributed by atoms with Crippen molar-refractivity contribution < 1.29 is 9.59 Å². The van der Waals surface area contributed by atoms with Crippen molar-refractivity contribution in [3.8, 4) is 0 Å². The highest BCUT2D eigenvalue weighted by atomic mass is 16.2. The minimum Gasteiger partial charge on any atom is -0.305 e. The van der Waals surface area contributed by atoms with Gasteiger partial charge in [0.2, 0.25) is 11.8 Å². The van der Waals surface area contributed by atoms with Crippen LogP contribution in [0.1, 0.15) is 65.7 Å². The van der Waals surface area contributed by atoms with Gasteiger partial charge in [0.05, 0.1) is 12.5 Å². The molecule has 1 heterocycles. The fourth-order valence-corrected chi connectivity index (χ4v) is 3.74. The van der Waals surface area contributed by atoms with Crippen molar-refractivity contribution in [3.05, 3.63) is 0 Å². The Balaban J connectivity index is 1.76. The summed E-state index contributed by atoms with van der Waals surface area (Å²) in [6, 6.07) is -0.261. The highest BCUT2D eigenvalue weighted by Gasteiger charge is 2.40. The van der Waals surface area contributed by atoms with Crippen LogP contribution in [0.3, 0.4) is 0 Å². The standard InChI is InChI=1S/C17H30N2O2/c1-4-13(3)19-16(20)11-15(17(19)21)18-9-8-14-7-5-6-12(2)10-14/h12-15,18H,4-11H2,1-3H3. The maximum absolute atomic E-state index is 12.3. The van der Waals surface area contributed by atoms with E-state index in [0.717, 1.165) is 31.2 Å². The molecule has 1 saturated heterocycles. The SMILES string of the molecule is CCC(C)N1C(=O)CC(NCCC2CCCC(C)C2)C1=O. The van der Waals surface area contributed by atoms with Crippen molar-refractivity contribution in [2.45, 2.75) is 77.8 Å². The third kappa shape index (κ3) is 4.06. The molecule has 21 heavy (non-hydrogen) atoms. The highest BCUT2D eigenvalue weighted by Crippen LogP contribution is 2.30. The molecule has 4 nitrogen and oxygen atoms in total. The average molecular weight is 294 g/mol. The first-order valence-electron chi connectivity index (χ1n) is 8.62. The normalized spacial score (nSPS) is 31.8. The molecule has 120 valence electrons. The Morgan fingerprint density at radius 2 is 2.10 bits per heavy atom. The van der Waals surface area contributed by atoms with Gasteiger partial charge in [-0.05, 0) is 44.6 Å². The Morgan fingerprint density at radius 3 is 2.76 bits per heavy atom. The van der Waals surface area contributed by atoms with Gasteiger partial charge in [0.15, 0.2) is 0 Å². The molecule has 2 rings (SSSR count). The van der Waals surface area contributed by atoms with E-state index in [2.05, 4.69) is 12.2 Å². The van der Waals surface area contributed by atoms with Gasteiger partial charge in [-0.1, -0.05) is 33.1 Å². The van der Waals surface area contributed by atoms with Crippen LogP contribution >= 0.6 is 0 Å². The Hall–Kier alpha value is -0.900. The van der Waals surface area contributed by atoms with Gasteiger partial charge in [0.1, 0.15) is 0 Å². The van der Waals surface area contributed by atoms with Gasteiger partial charge in [-0.25, -0.2) is 0 Å². The largest absolute Gasteiger partial charge is 0.305 e. The summed E-state index contributed by atoms with van der Waals surface area (Å²) in [7, 11) is 0. The molecule has 1 aliphatic heterocycles. The van der Waals surface area contributed by atoms with Crippen LogP contribution in [0.2, 0.25) is 0 Å². The van der Waals surface area contributed by atoms with E-state index < -0.39 is 0 Å². The molecule has 2 aliphatic rings. The van der Waals surface area contributed by atoms with Crippen LogP contribution in [0.5, 0.6) is 0 Å². The summed E-state index contributed by atoms with van der Waals surface area (Å²) in [4.78, 5) is 25.7. The first-order valence-corrected chi connectivity index (χ1v) is 8.62. The summed E-state index contributed by atoms with van der Waals surface area (Å²) >= 11 is 0.